The van der Waals surface area contributed by atoms with E-state index in [1.807, 2.05) is 24.9 Å². The number of ether oxygens (including phenoxy) is 1. The van der Waals surface area contributed by atoms with Crippen molar-refractivity contribution in [1.82, 2.24) is 4.98 Å². The molecule has 0 fully saturated rings. The summed E-state index contributed by atoms with van der Waals surface area (Å²) in [6.45, 7) is 4.02. The third-order valence-electron chi connectivity index (χ3n) is 2.10. The first-order valence-electron chi connectivity index (χ1n) is 5.04. The van der Waals surface area contributed by atoms with Gasteiger partial charge in [-0.1, -0.05) is 11.6 Å². The molecule has 0 radical (unpaired) electrons. The zero-order valence-electron chi connectivity index (χ0n) is 9.40. The Morgan fingerprint density at radius 2 is 2.31 bits per heavy atom. The molecular formula is C11H14ClN3O. The van der Waals surface area contributed by atoms with Crippen LogP contribution in [-0.4, -0.2) is 31.8 Å². The summed E-state index contributed by atoms with van der Waals surface area (Å²) in [6.07, 6.45) is 0. The van der Waals surface area contributed by atoms with Crippen LogP contribution in [0.3, 0.4) is 0 Å². The molecule has 86 valence electrons. The Morgan fingerprint density at radius 3 is 2.94 bits per heavy atom. The fourth-order valence-electron chi connectivity index (χ4n) is 1.18. The van der Waals surface area contributed by atoms with Gasteiger partial charge in [-0.3, -0.25) is 0 Å². The van der Waals surface area contributed by atoms with Crippen LogP contribution in [0.25, 0.3) is 0 Å². The molecule has 0 bridgehead atoms. The lowest BCUT2D eigenvalue weighted by molar-refractivity contribution is 0.154. The van der Waals surface area contributed by atoms with Gasteiger partial charge < -0.3 is 9.64 Å². The maximum atomic E-state index is 8.80. The first kappa shape index (κ1) is 12.8. The molecule has 0 aliphatic rings. The topological polar surface area (TPSA) is 49.1 Å². The van der Waals surface area contributed by atoms with Crippen molar-refractivity contribution in [1.29, 1.82) is 5.26 Å². The zero-order chi connectivity index (χ0) is 12.0. The summed E-state index contributed by atoms with van der Waals surface area (Å²) >= 11 is 5.80. The van der Waals surface area contributed by atoms with E-state index in [4.69, 9.17) is 21.6 Å². The molecule has 0 aliphatic heterocycles. The first-order valence-corrected chi connectivity index (χ1v) is 5.42. The summed E-state index contributed by atoms with van der Waals surface area (Å²) < 4.78 is 5.25. The van der Waals surface area contributed by atoms with Crippen LogP contribution in [0.1, 0.15) is 12.6 Å². The van der Waals surface area contributed by atoms with Gasteiger partial charge >= 0.3 is 0 Å². The second-order valence-electron chi connectivity index (χ2n) is 3.23. The van der Waals surface area contributed by atoms with E-state index in [0.29, 0.717) is 18.2 Å². The molecule has 0 atom stereocenters. The normalized spacial score (nSPS) is 9.88. The highest BCUT2D eigenvalue weighted by molar-refractivity contribution is 6.31. The quantitative estimate of drug-likeness (QED) is 0.739. The summed E-state index contributed by atoms with van der Waals surface area (Å²) in [4.78, 5) is 6.07. The predicted octanol–water partition coefficient (Wildman–Crippen LogP) is 2.08. The highest BCUT2D eigenvalue weighted by Gasteiger charge is 2.06. The van der Waals surface area contributed by atoms with Gasteiger partial charge in [-0.15, -0.1) is 0 Å². The molecule has 1 aromatic heterocycles. The number of hydrogen-bond donors (Lipinski definition) is 0. The molecule has 1 rings (SSSR count). The molecule has 0 aromatic carbocycles. The maximum absolute atomic E-state index is 8.80. The summed E-state index contributed by atoms with van der Waals surface area (Å²) in [5.41, 5.74) is 0.252. The third-order valence-corrected chi connectivity index (χ3v) is 2.41. The Kier molecular flexibility index (Phi) is 5.03. The van der Waals surface area contributed by atoms with Crippen molar-refractivity contribution >= 4 is 17.4 Å². The van der Waals surface area contributed by atoms with Crippen molar-refractivity contribution in [3.63, 3.8) is 0 Å². The van der Waals surface area contributed by atoms with Gasteiger partial charge in [0.1, 0.15) is 11.9 Å². The monoisotopic (exact) mass is 239 g/mol. The van der Waals surface area contributed by atoms with Gasteiger partial charge in [0.25, 0.3) is 0 Å². The summed E-state index contributed by atoms with van der Waals surface area (Å²) in [5.74, 6) is 0.723. The summed E-state index contributed by atoms with van der Waals surface area (Å²) in [6, 6.07) is 5.42. The Hall–Kier alpha value is -1.31. The van der Waals surface area contributed by atoms with Gasteiger partial charge in [-0.25, -0.2) is 4.98 Å². The number of likely N-dealkylation sites (N-methyl/N-ethyl adjacent to an activating group) is 1. The molecule has 0 amide bonds. The Labute approximate surface area is 100 Å². The SMILES string of the molecule is CCOCCN(C)c1ccc(Cl)c(C#N)n1. The lowest BCUT2D eigenvalue weighted by Gasteiger charge is -2.18. The average Bonchev–Trinajstić information content (AvgIpc) is 2.30. The van der Waals surface area contributed by atoms with Gasteiger partial charge in [0.15, 0.2) is 5.69 Å². The number of nitrogens with zero attached hydrogens (tertiary/aromatic N) is 3. The van der Waals surface area contributed by atoms with Crippen LogP contribution >= 0.6 is 11.6 Å². The number of rotatable bonds is 5. The molecule has 0 saturated heterocycles. The average molecular weight is 240 g/mol. The smallest absolute Gasteiger partial charge is 0.161 e. The van der Waals surface area contributed by atoms with Crippen LogP contribution in [0.4, 0.5) is 5.82 Å². The number of anilines is 1. The minimum atomic E-state index is 0.252. The second-order valence-corrected chi connectivity index (χ2v) is 3.64. The van der Waals surface area contributed by atoms with Gasteiger partial charge in [0, 0.05) is 20.2 Å². The van der Waals surface area contributed by atoms with E-state index in [2.05, 4.69) is 4.98 Å². The van der Waals surface area contributed by atoms with E-state index in [-0.39, 0.29) is 5.69 Å². The molecule has 1 heterocycles. The molecule has 5 heteroatoms. The molecule has 4 nitrogen and oxygen atoms in total. The largest absolute Gasteiger partial charge is 0.380 e. The third kappa shape index (κ3) is 3.37. The number of hydrogen-bond acceptors (Lipinski definition) is 4. The van der Waals surface area contributed by atoms with E-state index in [1.54, 1.807) is 12.1 Å². The van der Waals surface area contributed by atoms with Crippen LogP contribution in [0.2, 0.25) is 5.02 Å². The van der Waals surface area contributed by atoms with Crippen molar-refractivity contribution in [2.75, 3.05) is 31.7 Å². The van der Waals surface area contributed by atoms with Gasteiger partial charge in [-0.05, 0) is 19.1 Å². The molecule has 0 N–H and O–H groups in total. The van der Waals surface area contributed by atoms with E-state index in [9.17, 15) is 0 Å². The van der Waals surface area contributed by atoms with Crippen LogP contribution in [0.5, 0.6) is 0 Å². The fraction of sp³-hybridized carbons (Fsp3) is 0.455. The van der Waals surface area contributed by atoms with Crippen molar-refractivity contribution in [3.8, 4) is 6.07 Å². The minimum absolute atomic E-state index is 0.252. The molecule has 16 heavy (non-hydrogen) atoms. The first-order chi connectivity index (χ1) is 7.69. The number of nitriles is 1. The predicted molar refractivity (Wildman–Crippen MR) is 63.7 cm³/mol. The van der Waals surface area contributed by atoms with Crippen molar-refractivity contribution in [3.05, 3.63) is 22.8 Å². The Balaban J connectivity index is 2.69. The highest BCUT2D eigenvalue weighted by Crippen LogP contribution is 2.17. The van der Waals surface area contributed by atoms with E-state index in [0.717, 1.165) is 12.4 Å². The van der Waals surface area contributed by atoms with Crippen molar-refractivity contribution in [2.45, 2.75) is 6.92 Å². The molecule has 1 aromatic rings. The maximum Gasteiger partial charge on any atom is 0.161 e. The molecule has 0 saturated carbocycles. The van der Waals surface area contributed by atoms with Gasteiger partial charge in [-0.2, -0.15) is 5.26 Å². The lowest BCUT2D eigenvalue weighted by atomic mass is 10.3. The van der Waals surface area contributed by atoms with Crippen LogP contribution in [0, 0.1) is 11.3 Å². The Bertz CT molecular complexity index is 389. The lowest BCUT2D eigenvalue weighted by Crippen LogP contribution is -2.23. The van der Waals surface area contributed by atoms with Gasteiger partial charge in [0.2, 0.25) is 0 Å². The molecule has 0 aliphatic carbocycles. The zero-order valence-corrected chi connectivity index (χ0v) is 10.2. The summed E-state index contributed by atoms with van der Waals surface area (Å²) in [7, 11) is 1.90. The fourth-order valence-corrected chi connectivity index (χ4v) is 1.33. The van der Waals surface area contributed by atoms with Crippen LogP contribution in [0.15, 0.2) is 12.1 Å². The molecule has 0 spiro atoms. The number of halogens is 1. The summed E-state index contributed by atoms with van der Waals surface area (Å²) in [5, 5.41) is 9.18. The number of aromatic nitrogens is 1. The molecule has 0 unspecified atom stereocenters. The highest BCUT2D eigenvalue weighted by atomic mass is 35.5. The van der Waals surface area contributed by atoms with Gasteiger partial charge in [0.05, 0.1) is 11.6 Å². The minimum Gasteiger partial charge on any atom is -0.380 e. The Morgan fingerprint density at radius 1 is 1.56 bits per heavy atom. The van der Waals surface area contributed by atoms with Crippen LogP contribution in [-0.2, 0) is 4.74 Å². The van der Waals surface area contributed by atoms with Crippen molar-refractivity contribution in [2.24, 2.45) is 0 Å². The second kappa shape index (κ2) is 6.31. The van der Waals surface area contributed by atoms with Crippen LogP contribution < -0.4 is 4.90 Å². The molecular weight excluding hydrogens is 226 g/mol. The van der Waals surface area contributed by atoms with E-state index in [1.165, 1.54) is 0 Å². The number of pyridine rings is 1. The van der Waals surface area contributed by atoms with E-state index >= 15 is 0 Å². The van der Waals surface area contributed by atoms with Crippen molar-refractivity contribution < 1.29 is 4.74 Å². The van der Waals surface area contributed by atoms with E-state index < -0.39 is 0 Å². The standard InChI is InChI=1S/C11H14ClN3O/c1-3-16-7-6-15(2)11-5-4-9(12)10(8-13)14-11/h4-5H,3,6-7H2,1-2H3.